The highest BCUT2D eigenvalue weighted by molar-refractivity contribution is 5.13. The van der Waals surface area contributed by atoms with Gasteiger partial charge >= 0.3 is 0 Å². The smallest absolute Gasteiger partial charge is 0.112 e. The van der Waals surface area contributed by atoms with Crippen LogP contribution in [0.3, 0.4) is 0 Å². The molecule has 1 aromatic rings. The molecule has 3 atom stereocenters. The summed E-state index contributed by atoms with van der Waals surface area (Å²) in [5.41, 5.74) is 1.16. The minimum absolute atomic E-state index is 0.0178. The van der Waals surface area contributed by atoms with Gasteiger partial charge in [-0.3, -0.25) is 0 Å². The third-order valence-corrected chi connectivity index (χ3v) is 2.62. The van der Waals surface area contributed by atoms with Crippen LogP contribution in [0.4, 0.5) is 0 Å². The van der Waals surface area contributed by atoms with Crippen molar-refractivity contribution in [1.82, 2.24) is 0 Å². The number of hydrogen-bond acceptors (Lipinski definition) is 3. The second kappa shape index (κ2) is 4.75. The fraction of sp³-hybridized carbons (Fsp3) is 0.500. The maximum Gasteiger partial charge on any atom is 0.112 e. The predicted octanol–water partition coefficient (Wildman–Crippen LogP) is 1.35. The second-order valence-electron chi connectivity index (χ2n) is 3.82. The van der Waals surface area contributed by atoms with E-state index in [1.54, 1.807) is 0 Å². The minimum Gasteiger partial charge on any atom is -0.394 e. The Hall–Kier alpha value is -0.900. The lowest BCUT2D eigenvalue weighted by molar-refractivity contribution is 0.0340. The quantitative estimate of drug-likeness (QED) is 0.743. The van der Waals surface area contributed by atoms with Crippen molar-refractivity contribution in [2.75, 3.05) is 6.61 Å². The van der Waals surface area contributed by atoms with Crippen LogP contribution < -0.4 is 0 Å². The molecule has 1 aliphatic heterocycles. The molecule has 1 heterocycles. The molecule has 1 saturated heterocycles. The Labute approximate surface area is 89.6 Å². The van der Waals surface area contributed by atoms with E-state index in [0.29, 0.717) is 6.61 Å². The van der Waals surface area contributed by atoms with Gasteiger partial charge in [-0.1, -0.05) is 30.3 Å². The zero-order chi connectivity index (χ0) is 10.7. The number of hydrogen-bond donors (Lipinski definition) is 1. The molecular formula is C12H16O3. The zero-order valence-corrected chi connectivity index (χ0v) is 8.80. The molecular weight excluding hydrogens is 192 g/mol. The third-order valence-electron chi connectivity index (χ3n) is 2.62. The van der Waals surface area contributed by atoms with E-state index in [-0.39, 0.29) is 24.9 Å². The Kier molecular flexibility index (Phi) is 3.36. The highest BCUT2D eigenvalue weighted by Gasteiger charge is 2.42. The molecule has 1 aliphatic rings. The summed E-state index contributed by atoms with van der Waals surface area (Å²) in [6.45, 7) is 2.66. The number of epoxide rings is 1. The van der Waals surface area contributed by atoms with Crippen molar-refractivity contribution >= 4 is 0 Å². The molecule has 2 rings (SSSR count). The zero-order valence-electron chi connectivity index (χ0n) is 8.80. The largest absolute Gasteiger partial charge is 0.394 e. The molecule has 0 unspecified atom stereocenters. The van der Waals surface area contributed by atoms with E-state index in [2.05, 4.69) is 0 Å². The molecule has 1 N–H and O–H groups in total. The van der Waals surface area contributed by atoms with Crippen molar-refractivity contribution < 1.29 is 14.6 Å². The molecule has 15 heavy (non-hydrogen) atoms. The molecule has 1 aromatic carbocycles. The van der Waals surface area contributed by atoms with E-state index in [0.717, 1.165) is 5.56 Å². The molecule has 0 radical (unpaired) electrons. The summed E-state index contributed by atoms with van der Waals surface area (Å²) in [7, 11) is 0. The van der Waals surface area contributed by atoms with Gasteiger partial charge in [0, 0.05) is 0 Å². The van der Waals surface area contributed by atoms with Crippen LogP contribution in [0.5, 0.6) is 0 Å². The van der Waals surface area contributed by atoms with Crippen LogP contribution in [0.1, 0.15) is 12.5 Å². The van der Waals surface area contributed by atoms with Gasteiger partial charge in [-0.25, -0.2) is 0 Å². The van der Waals surface area contributed by atoms with Crippen LogP contribution in [-0.2, 0) is 16.1 Å². The maximum absolute atomic E-state index is 8.83. The SMILES string of the molecule is C[C@H](OCc1ccccc1)[C@H]1O[C@@H]1CO. The van der Waals surface area contributed by atoms with E-state index in [4.69, 9.17) is 14.6 Å². The molecule has 0 saturated carbocycles. The third kappa shape index (κ3) is 2.78. The summed E-state index contributed by atoms with van der Waals surface area (Å²) in [5, 5.41) is 8.83. The van der Waals surface area contributed by atoms with Crippen molar-refractivity contribution in [2.24, 2.45) is 0 Å². The first kappa shape index (κ1) is 10.6. The van der Waals surface area contributed by atoms with Crippen molar-refractivity contribution in [3.05, 3.63) is 35.9 Å². The van der Waals surface area contributed by atoms with E-state index in [1.165, 1.54) is 0 Å². The van der Waals surface area contributed by atoms with Gasteiger partial charge in [0.25, 0.3) is 0 Å². The first-order chi connectivity index (χ1) is 7.31. The van der Waals surface area contributed by atoms with Gasteiger partial charge in [0.2, 0.25) is 0 Å². The fourth-order valence-corrected chi connectivity index (χ4v) is 1.61. The van der Waals surface area contributed by atoms with Gasteiger partial charge in [-0.15, -0.1) is 0 Å². The summed E-state index contributed by atoms with van der Waals surface area (Å²) in [5.74, 6) is 0. The summed E-state index contributed by atoms with van der Waals surface area (Å²) in [6, 6.07) is 10.0. The van der Waals surface area contributed by atoms with Crippen molar-refractivity contribution in [2.45, 2.75) is 31.8 Å². The second-order valence-corrected chi connectivity index (χ2v) is 3.82. The molecule has 0 spiro atoms. The molecule has 0 aromatic heterocycles. The van der Waals surface area contributed by atoms with Crippen LogP contribution in [0.2, 0.25) is 0 Å². The topological polar surface area (TPSA) is 42.0 Å². The number of aliphatic hydroxyl groups excluding tert-OH is 1. The first-order valence-corrected chi connectivity index (χ1v) is 5.23. The highest BCUT2D eigenvalue weighted by Crippen LogP contribution is 2.26. The van der Waals surface area contributed by atoms with E-state index in [1.807, 2.05) is 37.3 Å². The average molecular weight is 208 g/mol. The van der Waals surface area contributed by atoms with Gasteiger partial charge < -0.3 is 14.6 Å². The highest BCUT2D eigenvalue weighted by atomic mass is 16.6. The van der Waals surface area contributed by atoms with Crippen LogP contribution in [0.15, 0.2) is 30.3 Å². The Balaban J connectivity index is 1.74. The van der Waals surface area contributed by atoms with Crippen LogP contribution in [-0.4, -0.2) is 30.0 Å². The van der Waals surface area contributed by atoms with Crippen molar-refractivity contribution in [3.8, 4) is 0 Å². The molecule has 0 amide bonds. The number of ether oxygens (including phenoxy) is 2. The molecule has 3 heteroatoms. The summed E-state index contributed by atoms with van der Waals surface area (Å²) in [4.78, 5) is 0. The van der Waals surface area contributed by atoms with Crippen LogP contribution >= 0.6 is 0 Å². The average Bonchev–Trinajstić information content (AvgIpc) is 3.06. The number of rotatable bonds is 5. The Bertz CT molecular complexity index is 299. The van der Waals surface area contributed by atoms with Gasteiger partial charge in [-0.2, -0.15) is 0 Å². The Morgan fingerprint density at radius 2 is 2.13 bits per heavy atom. The van der Waals surface area contributed by atoms with Gasteiger partial charge in [0.05, 0.1) is 19.3 Å². The Morgan fingerprint density at radius 3 is 2.73 bits per heavy atom. The van der Waals surface area contributed by atoms with Gasteiger partial charge in [-0.05, 0) is 12.5 Å². The summed E-state index contributed by atoms with van der Waals surface area (Å²) >= 11 is 0. The first-order valence-electron chi connectivity index (χ1n) is 5.23. The standard InChI is InChI=1S/C12H16O3/c1-9(12-11(7-13)15-12)14-8-10-5-3-2-4-6-10/h2-6,9,11-13H,7-8H2,1H3/t9-,11+,12+/m0/s1. The molecule has 1 fully saturated rings. The number of benzene rings is 1. The Morgan fingerprint density at radius 1 is 1.40 bits per heavy atom. The predicted molar refractivity (Wildman–Crippen MR) is 56.4 cm³/mol. The molecule has 0 bridgehead atoms. The van der Waals surface area contributed by atoms with E-state index < -0.39 is 0 Å². The lowest BCUT2D eigenvalue weighted by Gasteiger charge is -2.10. The van der Waals surface area contributed by atoms with E-state index >= 15 is 0 Å². The monoisotopic (exact) mass is 208 g/mol. The van der Waals surface area contributed by atoms with Gasteiger partial charge in [0.1, 0.15) is 12.2 Å². The summed E-state index contributed by atoms with van der Waals surface area (Å²) in [6.07, 6.45) is 0.0943. The lowest BCUT2D eigenvalue weighted by Crippen LogP contribution is -2.18. The molecule has 0 aliphatic carbocycles. The summed E-state index contributed by atoms with van der Waals surface area (Å²) < 4.78 is 10.9. The number of aliphatic hydroxyl groups is 1. The van der Waals surface area contributed by atoms with Crippen LogP contribution in [0.25, 0.3) is 0 Å². The fourth-order valence-electron chi connectivity index (χ4n) is 1.61. The van der Waals surface area contributed by atoms with Gasteiger partial charge in [0.15, 0.2) is 0 Å². The molecule has 3 nitrogen and oxygen atoms in total. The maximum atomic E-state index is 8.83. The molecule has 82 valence electrons. The van der Waals surface area contributed by atoms with Crippen molar-refractivity contribution in [3.63, 3.8) is 0 Å². The van der Waals surface area contributed by atoms with Crippen LogP contribution in [0, 0.1) is 0 Å². The normalized spacial score (nSPS) is 26.3. The lowest BCUT2D eigenvalue weighted by atomic mass is 10.2. The minimum atomic E-state index is -0.0178. The van der Waals surface area contributed by atoms with Crippen molar-refractivity contribution in [1.29, 1.82) is 0 Å². The van der Waals surface area contributed by atoms with E-state index in [9.17, 15) is 0 Å².